The Bertz CT molecular complexity index is 1980. The second-order valence-electron chi connectivity index (χ2n) is 15.2. The molecule has 0 unspecified atom stereocenters. The van der Waals surface area contributed by atoms with Crippen LogP contribution < -0.4 is 54.4 Å². The number of aliphatic carboxylic acids is 2. The highest BCUT2D eigenvalue weighted by Crippen LogP contribution is 2.10. The fraction of sp³-hybridized carbons (Fsp3) is 0.476. The monoisotopic (exact) mass is 960 g/mol. The molecule has 0 bridgehead atoms. The van der Waals surface area contributed by atoms with Crippen molar-refractivity contribution in [3.05, 3.63) is 71.8 Å². The number of rotatable bonds is 30. The van der Waals surface area contributed by atoms with E-state index in [1.165, 1.54) is 6.92 Å². The zero-order valence-electron chi connectivity index (χ0n) is 36.3. The molecule has 22 nitrogen and oxygen atoms in total. The summed E-state index contributed by atoms with van der Waals surface area (Å²) in [6.07, 6.45) is -1.43. The van der Waals surface area contributed by atoms with E-state index in [0.29, 0.717) is 24.0 Å². The Hall–Kier alpha value is -6.24. The van der Waals surface area contributed by atoms with Crippen LogP contribution in [0.25, 0.3) is 0 Å². The van der Waals surface area contributed by atoms with Crippen LogP contribution in [0, 0.1) is 0 Å². The molecule has 0 aliphatic rings. The molecule has 0 heterocycles. The van der Waals surface area contributed by atoms with E-state index in [4.69, 9.17) is 17.2 Å². The number of nitrogens with two attached hydrogens (primary N) is 3. The van der Waals surface area contributed by atoms with Crippen LogP contribution in [0.2, 0.25) is 0 Å². The van der Waals surface area contributed by atoms with Crippen LogP contribution in [0.1, 0.15) is 56.6 Å². The van der Waals surface area contributed by atoms with Crippen LogP contribution in [-0.2, 0) is 60.8 Å². The molecular formula is C42H60N10O12S2. The van der Waals surface area contributed by atoms with Crippen molar-refractivity contribution in [3.63, 3.8) is 0 Å². The van der Waals surface area contributed by atoms with Crippen LogP contribution in [0.3, 0.4) is 0 Å². The van der Waals surface area contributed by atoms with Gasteiger partial charge in [0, 0.05) is 30.8 Å². The molecule has 0 aliphatic carbocycles. The molecule has 0 saturated heterocycles. The number of amides is 8. The minimum atomic E-state index is -1.86. The van der Waals surface area contributed by atoms with Gasteiger partial charge in [0.05, 0.1) is 12.5 Å². The van der Waals surface area contributed by atoms with Gasteiger partial charge in [-0.2, -0.15) is 25.3 Å². The molecule has 2 rings (SSSR count). The van der Waals surface area contributed by atoms with Crippen molar-refractivity contribution in [3.8, 4) is 0 Å². The predicted molar refractivity (Wildman–Crippen MR) is 246 cm³/mol. The summed E-state index contributed by atoms with van der Waals surface area (Å²) in [7, 11) is 0. The van der Waals surface area contributed by atoms with Crippen LogP contribution in [-0.4, -0.2) is 136 Å². The average molecular weight is 961 g/mol. The fourth-order valence-corrected chi connectivity index (χ4v) is 6.64. The summed E-state index contributed by atoms with van der Waals surface area (Å²) in [6.45, 7) is 1.66. The summed E-state index contributed by atoms with van der Waals surface area (Å²) < 4.78 is 0. The number of unbranched alkanes of at least 4 members (excludes halogenated alkanes) is 1. The summed E-state index contributed by atoms with van der Waals surface area (Å²) in [5, 5.41) is 36.3. The fourth-order valence-electron chi connectivity index (χ4n) is 6.14. The second-order valence-corrected chi connectivity index (χ2v) is 15.9. The zero-order chi connectivity index (χ0) is 49.3. The summed E-state index contributed by atoms with van der Waals surface area (Å²) in [5.41, 5.74) is 17.7. The van der Waals surface area contributed by atoms with E-state index in [0.717, 1.165) is 0 Å². The van der Waals surface area contributed by atoms with Gasteiger partial charge in [0.25, 0.3) is 0 Å². The molecule has 8 atom stereocenters. The quantitative estimate of drug-likeness (QED) is 0.0275. The average Bonchev–Trinajstić information content (AvgIpc) is 3.27. The lowest BCUT2D eigenvalue weighted by molar-refractivity contribution is -0.143. The van der Waals surface area contributed by atoms with Gasteiger partial charge >= 0.3 is 11.9 Å². The number of carboxylic acids is 2. The molecule has 0 saturated carbocycles. The van der Waals surface area contributed by atoms with Crippen molar-refractivity contribution in [2.24, 2.45) is 17.2 Å². The van der Waals surface area contributed by atoms with E-state index in [-0.39, 0.29) is 43.7 Å². The number of primary amides is 1. The Morgan fingerprint density at radius 1 is 0.530 bits per heavy atom. The lowest BCUT2D eigenvalue weighted by Crippen LogP contribution is -2.61. The Morgan fingerprint density at radius 3 is 1.32 bits per heavy atom. The van der Waals surface area contributed by atoms with Gasteiger partial charge in [0.15, 0.2) is 0 Å². The largest absolute Gasteiger partial charge is 0.481 e. The zero-order valence-corrected chi connectivity index (χ0v) is 38.1. The molecule has 0 spiro atoms. The molecule has 0 aromatic heterocycles. The highest BCUT2D eigenvalue weighted by molar-refractivity contribution is 7.80. The highest BCUT2D eigenvalue weighted by atomic mass is 32.1. The van der Waals surface area contributed by atoms with Crippen LogP contribution in [0.4, 0.5) is 0 Å². The number of benzene rings is 2. The van der Waals surface area contributed by atoms with E-state index < -0.39 is 120 Å². The van der Waals surface area contributed by atoms with Crippen molar-refractivity contribution < 1.29 is 58.2 Å². The number of hydrogen-bond acceptors (Lipinski definition) is 14. The minimum Gasteiger partial charge on any atom is -0.481 e. The minimum absolute atomic E-state index is 0.0225. The Kier molecular flexibility index (Phi) is 24.8. The van der Waals surface area contributed by atoms with E-state index in [1.54, 1.807) is 60.7 Å². The van der Waals surface area contributed by atoms with E-state index >= 15 is 0 Å². The number of thiol groups is 2. The van der Waals surface area contributed by atoms with Gasteiger partial charge in [-0.25, -0.2) is 4.79 Å². The molecule has 15 N–H and O–H groups in total. The van der Waals surface area contributed by atoms with Gasteiger partial charge in [-0.1, -0.05) is 60.7 Å². The van der Waals surface area contributed by atoms with Crippen molar-refractivity contribution in [1.29, 1.82) is 0 Å². The number of carbonyl (C=O) groups excluding carboxylic acids is 8. The second kappa shape index (κ2) is 29.3. The first-order chi connectivity index (χ1) is 31.3. The number of hydrogen-bond donors (Lipinski definition) is 14. The summed E-state index contributed by atoms with van der Waals surface area (Å²) in [4.78, 5) is 130. The SMILES string of the molecule is C[C@H](N)C(=O)N[C@@H](CS)C(=O)N[C@@H](CCCCN)C(=O)N[C@@H](CCC(N)=O)C(=O)N[C@@H](Cc1ccccc1)C(=O)N[C@@H](CC(=O)O)C(=O)N[C@@H](Cc1ccccc1)C(=O)N[C@@H](CS)C(=O)O. The summed E-state index contributed by atoms with van der Waals surface area (Å²) in [6, 6.07) is 5.10. The topological polar surface area (TPSA) is 373 Å². The molecular weight excluding hydrogens is 901 g/mol. The third kappa shape index (κ3) is 20.3. The predicted octanol–water partition coefficient (Wildman–Crippen LogP) is -2.97. The normalized spacial score (nSPS) is 14.5. The first-order valence-corrected chi connectivity index (χ1v) is 22.2. The van der Waals surface area contributed by atoms with Gasteiger partial charge in [0.2, 0.25) is 47.3 Å². The Labute approximate surface area is 392 Å². The molecule has 0 radical (unpaired) electrons. The van der Waals surface area contributed by atoms with Crippen molar-refractivity contribution >= 4 is 84.5 Å². The van der Waals surface area contributed by atoms with Crippen molar-refractivity contribution in [1.82, 2.24) is 37.2 Å². The maximum absolute atomic E-state index is 14.1. The number of carboxylic acid groups (broad SMARTS) is 2. The summed E-state index contributed by atoms with van der Waals surface area (Å²) in [5.74, 6) is -10.8. The first kappa shape index (κ1) is 55.9. The van der Waals surface area contributed by atoms with Gasteiger partial charge in [-0.3, -0.25) is 43.2 Å². The highest BCUT2D eigenvalue weighted by Gasteiger charge is 2.35. The molecule has 2 aromatic rings. The molecule has 0 fully saturated rings. The first-order valence-electron chi connectivity index (χ1n) is 20.9. The standard InChI is InChI=1S/C42H60N10O12S2/c1-23(44)35(56)51-31(21-65)41(62)46-26(14-8-9-17-43)36(57)47-27(15-16-33(45)53)37(58)48-28(18-24-10-4-2-5-11-24)38(59)50-30(20-34(54)55)40(61)49-29(19-25-12-6-3-7-13-25)39(60)52-32(22-66)42(63)64/h2-7,10-13,23,26-32,65-66H,8-9,14-22,43-44H2,1H3,(H2,45,53)(H,46,62)(H,47,57)(H,48,58)(H,49,61)(H,50,59)(H,51,56)(H,52,60)(H,54,55)(H,63,64)/t23-,26-,27-,28-,29-,30-,31-,32-/m0/s1. The van der Waals surface area contributed by atoms with Crippen LogP contribution in [0.15, 0.2) is 60.7 Å². The van der Waals surface area contributed by atoms with Gasteiger partial charge in [-0.05, 0) is 50.3 Å². The maximum atomic E-state index is 14.1. The van der Waals surface area contributed by atoms with E-state index in [1.807, 2.05) is 0 Å². The van der Waals surface area contributed by atoms with Crippen LogP contribution >= 0.6 is 25.3 Å². The molecule has 0 aliphatic heterocycles. The molecule has 362 valence electrons. The smallest absolute Gasteiger partial charge is 0.327 e. The molecule has 8 amide bonds. The van der Waals surface area contributed by atoms with Crippen molar-refractivity contribution in [2.45, 2.75) is 107 Å². The molecule has 24 heteroatoms. The number of nitrogens with one attached hydrogen (secondary N) is 7. The van der Waals surface area contributed by atoms with Gasteiger partial charge in [0.1, 0.15) is 42.3 Å². The lowest BCUT2D eigenvalue weighted by Gasteiger charge is -2.27. The molecule has 2 aromatic carbocycles. The van der Waals surface area contributed by atoms with E-state index in [9.17, 15) is 58.2 Å². The Balaban J connectivity index is 2.48. The maximum Gasteiger partial charge on any atom is 0.327 e. The van der Waals surface area contributed by atoms with Crippen LogP contribution in [0.5, 0.6) is 0 Å². The van der Waals surface area contributed by atoms with Crippen molar-refractivity contribution in [2.75, 3.05) is 18.1 Å². The third-order valence-corrected chi connectivity index (χ3v) is 10.5. The van der Waals surface area contributed by atoms with Gasteiger partial charge < -0.3 is 64.6 Å². The van der Waals surface area contributed by atoms with Gasteiger partial charge in [-0.15, -0.1) is 0 Å². The summed E-state index contributed by atoms with van der Waals surface area (Å²) >= 11 is 8.09. The third-order valence-electron chi connectivity index (χ3n) is 9.76. The Morgan fingerprint density at radius 2 is 0.909 bits per heavy atom. The molecule has 66 heavy (non-hydrogen) atoms. The lowest BCUT2D eigenvalue weighted by atomic mass is 10.0. The number of carbonyl (C=O) groups is 10. The van der Waals surface area contributed by atoms with E-state index in [2.05, 4.69) is 62.5 Å².